The number of likely N-dealkylation sites (tertiary alicyclic amines) is 1. The van der Waals surface area contributed by atoms with Crippen molar-refractivity contribution in [2.45, 2.75) is 49.6 Å². The van der Waals surface area contributed by atoms with Crippen molar-refractivity contribution in [2.24, 2.45) is 0 Å². The van der Waals surface area contributed by atoms with Gasteiger partial charge in [-0.15, -0.1) is 0 Å². The van der Waals surface area contributed by atoms with Crippen LogP contribution in [0.15, 0.2) is 24.3 Å². The first-order valence-corrected chi connectivity index (χ1v) is 8.25. The second kappa shape index (κ2) is 6.36. The largest absolute Gasteiger partial charge is 0.316 e. The van der Waals surface area contributed by atoms with Gasteiger partial charge >= 0.3 is 0 Å². The summed E-state index contributed by atoms with van der Waals surface area (Å²) >= 11 is 0. The van der Waals surface area contributed by atoms with Crippen LogP contribution in [-0.2, 0) is 5.41 Å². The van der Waals surface area contributed by atoms with Gasteiger partial charge in [-0.1, -0.05) is 12.1 Å². The van der Waals surface area contributed by atoms with E-state index in [1.807, 2.05) is 7.05 Å². The summed E-state index contributed by atoms with van der Waals surface area (Å²) in [6.07, 6.45) is 5.08. The van der Waals surface area contributed by atoms with Crippen molar-refractivity contribution in [3.63, 3.8) is 0 Å². The van der Waals surface area contributed by atoms with Gasteiger partial charge in [0.1, 0.15) is 5.82 Å². The first-order valence-electron chi connectivity index (χ1n) is 8.25. The molecule has 0 amide bonds. The Morgan fingerprint density at radius 2 is 1.91 bits per heavy atom. The molecule has 0 bridgehead atoms. The maximum absolute atomic E-state index is 13.1. The second-order valence-electron chi connectivity index (χ2n) is 6.70. The van der Waals surface area contributed by atoms with Crippen molar-refractivity contribution in [3.8, 4) is 6.07 Å². The zero-order chi connectivity index (χ0) is 15.6. The second-order valence-corrected chi connectivity index (χ2v) is 6.70. The molecule has 2 aliphatic rings. The fourth-order valence-corrected chi connectivity index (χ4v) is 4.05. The van der Waals surface area contributed by atoms with Crippen LogP contribution in [0, 0.1) is 17.1 Å². The standard InChI is InChI=1S/C18H24FN3/c1-21-16-8-11-22(12-16)17-6-9-18(13-20,10-7-17)14-2-4-15(19)5-3-14/h2-5,16-17,21H,6-12H2,1H3. The van der Waals surface area contributed by atoms with Gasteiger partial charge in [0.05, 0.1) is 11.5 Å². The number of hydrogen-bond donors (Lipinski definition) is 1. The van der Waals surface area contributed by atoms with E-state index in [1.165, 1.54) is 18.6 Å². The van der Waals surface area contributed by atoms with Gasteiger partial charge in [0.25, 0.3) is 0 Å². The quantitative estimate of drug-likeness (QED) is 0.933. The topological polar surface area (TPSA) is 39.1 Å². The van der Waals surface area contributed by atoms with E-state index in [1.54, 1.807) is 12.1 Å². The van der Waals surface area contributed by atoms with Gasteiger partial charge in [0, 0.05) is 25.2 Å². The summed E-state index contributed by atoms with van der Waals surface area (Å²) in [6.45, 7) is 2.28. The highest BCUT2D eigenvalue weighted by molar-refractivity contribution is 5.33. The molecular formula is C18H24FN3. The minimum absolute atomic E-state index is 0.235. The Morgan fingerprint density at radius 3 is 2.45 bits per heavy atom. The molecule has 1 aliphatic carbocycles. The lowest BCUT2D eigenvalue weighted by atomic mass is 9.69. The summed E-state index contributed by atoms with van der Waals surface area (Å²) in [5, 5.41) is 13.1. The number of halogens is 1. The summed E-state index contributed by atoms with van der Waals surface area (Å²) in [5.41, 5.74) is 0.552. The number of rotatable bonds is 3. The highest BCUT2D eigenvalue weighted by atomic mass is 19.1. The van der Waals surface area contributed by atoms with E-state index in [0.717, 1.165) is 44.3 Å². The Balaban J connectivity index is 1.67. The predicted molar refractivity (Wildman–Crippen MR) is 85.0 cm³/mol. The SMILES string of the molecule is CNC1CCN(C2CCC(C#N)(c3ccc(F)cc3)CC2)C1. The lowest BCUT2D eigenvalue weighted by Gasteiger charge is -2.39. The van der Waals surface area contributed by atoms with Crippen molar-refractivity contribution in [3.05, 3.63) is 35.6 Å². The van der Waals surface area contributed by atoms with Crippen LogP contribution in [-0.4, -0.2) is 37.1 Å². The molecule has 2 fully saturated rings. The average molecular weight is 301 g/mol. The van der Waals surface area contributed by atoms with Gasteiger partial charge < -0.3 is 5.32 Å². The Morgan fingerprint density at radius 1 is 1.23 bits per heavy atom. The lowest BCUT2D eigenvalue weighted by Crippen LogP contribution is -2.42. The van der Waals surface area contributed by atoms with Crippen molar-refractivity contribution in [1.29, 1.82) is 5.26 Å². The Labute approximate surface area is 132 Å². The van der Waals surface area contributed by atoms with Gasteiger partial charge in [-0.3, -0.25) is 4.90 Å². The molecule has 1 aromatic carbocycles. The molecule has 1 aliphatic heterocycles. The smallest absolute Gasteiger partial charge is 0.123 e. The third kappa shape index (κ3) is 2.88. The maximum Gasteiger partial charge on any atom is 0.123 e. The molecule has 1 N–H and O–H groups in total. The molecule has 1 aromatic rings. The third-order valence-electron chi connectivity index (χ3n) is 5.56. The number of nitriles is 1. The summed E-state index contributed by atoms with van der Waals surface area (Å²) in [5.74, 6) is -0.235. The van der Waals surface area contributed by atoms with E-state index in [2.05, 4.69) is 16.3 Å². The van der Waals surface area contributed by atoms with E-state index >= 15 is 0 Å². The van der Waals surface area contributed by atoms with Crippen LogP contribution in [0.4, 0.5) is 4.39 Å². The van der Waals surface area contributed by atoms with Gasteiger partial charge in [-0.05, 0) is 56.8 Å². The van der Waals surface area contributed by atoms with Crippen LogP contribution in [0.1, 0.15) is 37.7 Å². The van der Waals surface area contributed by atoms with Gasteiger partial charge in [-0.2, -0.15) is 5.26 Å². The summed E-state index contributed by atoms with van der Waals surface area (Å²) in [4.78, 5) is 2.58. The van der Waals surface area contributed by atoms with E-state index in [9.17, 15) is 9.65 Å². The maximum atomic E-state index is 13.1. The molecule has 1 saturated heterocycles. The van der Waals surface area contributed by atoms with Crippen LogP contribution in [0.5, 0.6) is 0 Å². The molecule has 118 valence electrons. The Kier molecular flexibility index (Phi) is 4.46. The van der Waals surface area contributed by atoms with Crippen LogP contribution >= 0.6 is 0 Å². The van der Waals surface area contributed by atoms with E-state index < -0.39 is 5.41 Å². The molecule has 1 saturated carbocycles. The minimum atomic E-state index is -0.424. The fraction of sp³-hybridized carbons (Fsp3) is 0.611. The number of nitrogens with zero attached hydrogens (tertiary/aromatic N) is 2. The van der Waals surface area contributed by atoms with Gasteiger partial charge in [-0.25, -0.2) is 4.39 Å². The average Bonchev–Trinajstić information content (AvgIpc) is 3.05. The van der Waals surface area contributed by atoms with E-state index in [0.29, 0.717) is 12.1 Å². The molecule has 1 heterocycles. The first kappa shape index (κ1) is 15.5. The number of nitrogens with one attached hydrogen (secondary N) is 1. The number of likely N-dealkylation sites (N-methyl/N-ethyl adjacent to an activating group) is 1. The molecule has 1 unspecified atom stereocenters. The fourth-order valence-electron chi connectivity index (χ4n) is 4.05. The predicted octanol–water partition coefficient (Wildman–Crippen LogP) is 2.82. The third-order valence-corrected chi connectivity index (χ3v) is 5.56. The van der Waals surface area contributed by atoms with Crippen molar-refractivity contribution < 1.29 is 4.39 Å². The lowest BCUT2D eigenvalue weighted by molar-refractivity contribution is 0.163. The summed E-state index contributed by atoms with van der Waals surface area (Å²) in [6, 6.07) is 10.2. The number of benzene rings is 1. The minimum Gasteiger partial charge on any atom is -0.316 e. The molecule has 22 heavy (non-hydrogen) atoms. The van der Waals surface area contributed by atoms with Crippen molar-refractivity contribution >= 4 is 0 Å². The van der Waals surface area contributed by atoms with Crippen molar-refractivity contribution in [2.75, 3.05) is 20.1 Å². The molecule has 4 heteroatoms. The van der Waals surface area contributed by atoms with E-state index in [-0.39, 0.29) is 5.82 Å². The molecule has 0 spiro atoms. The zero-order valence-electron chi connectivity index (χ0n) is 13.2. The molecule has 0 radical (unpaired) electrons. The normalized spacial score (nSPS) is 32.8. The molecule has 0 aromatic heterocycles. The van der Waals surface area contributed by atoms with Gasteiger partial charge in [0.2, 0.25) is 0 Å². The summed E-state index contributed by atoms with van der Waals surface area (Å²) < 4.78 is 13.1. The van der Waals surface area contributed by atoms with E-state index in [4.69, 9.17) is 0 Å². The van der Waals surface area contributed by atoms with Crippen LogP contribution in [0.3, 0.4) is 0 Å². The first-order chi connectivity index (χ1) is 10.7. The van der Waals surface area contributed by atoms with Crippen molar-refractivity contribution in [1.82, 2.24) is 10.2 Å². The Bertz CT molecular complexity index is 540. The van der Waals surface area contributed by atoms with Crippen LogP contribution < -0.4 is 5.32 Å². The van der Waals surface area contributed by atoms with Crippen LogP contribution in [0.2, 0.25) is 0 Å². The monoisotopic (exact) mass is 301 g/mol. The zero-order valence-corrected chi connectivity index (χ0v) is 13.2. The summed E-state index contributed by atoms with van der Waals surface area (Å²) in [7, 11) is 2.03. The van der Waals surface area contributed by atoms with Crippen LogP contribution in [0.25, 0.3) is 0 Å². The molecule has 3 rings (SSSR count). The van der Waals surface area contributed by atoms with Gasteiger partial charge in [0.15, 0.2) is 0 Å². The number of hydrogen-bond acceptors (Lipinski definition) is 3. The highest BCUT2D eigenvalue weighted by Gasteiger charge is 2.39. The Hall–Kier alpha value is -1.44. The molecule has 3 nitrogen and oxygen atoms in total. The molecule has 1 atom stereocenters. The molecular weight excluding hydrogens is 277 g/mol. The highest BCUT2D eigenvalue weighted by Crippen LogP contribution is 2.40.